The topological polar surface area (TPSA) is 122 Å². The van der Waals surface area contributed by atoms with E-state index in [1.165, 1.54) is 16.6 Å². The van der Waals surface area contributed by atoms with Gasteiger partial charge in [-0.3, -0.25) is 14.4 Å². The molecule has 10 heteroatoms. The van der Waals surface area contributed by atoms with Gasteiger partial charge >= 0.3 is 0 Å². The van der Waals surface area contributed by atoms with Crippen molar-refractivity contribution >= 4 is 17.6 Å². The molecule has 1 fully saturated rings. The van der Waals surface area contributed by atoms with Gasteiger partial charge in [-0.15, -0.1) is 5.10 Å². The molecule has 1 unspecified atom stereocenters. The van der Waals surface area contributed by atoms with Crippen molar-refractivity contribution < 1.29 is 14.4 Å². The maximum Gasteiger partial charge on any atom is 0.254 e. The van der Waals surface area contributed by atoms with E-state index in [4.69, 9.17) is 0 Å². The smallest absolute Gasteiger partial charge is 0.254 e. The molecule has 0 spiro atoms. The first kappa shape index (κ1) is 29.1. The molecule has 3 aromatic rings. The van der Waals surface area contributed by atoms with E-state index in [1.807, 2.05) is 13.0 Å². The summed E-state index contributed by atoms with van der Waals surface area (Å²) >= 11 is 0. The fraction of sp³-hybridized carbons (Fsp3) is 0.467. The normalized spacial score (nSPS) is 16.0. The van der Waals surface area contributed by atoms with E-state index in [2.05, 4.69) is 55.3 Å². The van der Waals surface area contributed by atoms with Crippen molar-refractivity contribution in [3.05, 3.63) is 72.1 Å². The van der Waals surface area contributed by atoms with Crippen LogP contribution in [0, 0.1) is 0 Å². The van der Waals surface area contributed by atoms with Crippen LogP contribution in [0.15, 0.2) is 60.9 Å². The molecule has 10 nitrogen and oxygen atoms in total. The fourth-order valence-electron chi connectivity index (χ4n) is 5.16. The second-order valence-electron chi connectivity index (χ2n) is 10.3. The molecule has 0 saturated carbocycles. The summed E-state index contributed by atoms with van der Waals surface area (Å²) in [5.74, 6) is 0.205. The molecule has 2 heterocycles. The van der Waals surface area contributed by atoms with Gasteiger partial charge in [-0.2, -0.15) is 4.68 Å². The van der Waals surface area contributed by atoms with Gasteiger partial charge in [0.05, 0.1) is 11.3 Å². The number of likely N-dealkylation sites (tertiary alicyclic amines) is 1. The Kier molecular flexibility index (Phi) is 10.9. The van der Waals surface area contributed by atoms with Crippen LogP contribution in [-0.4, -0.2) is 74.9 Å². The zero-order valence-electron chi connectivity index (χ0n) is 23.2. The SMILES string of the molecule is CCC(=O)CCCCC[C@H](NC(=O)c1ccccc1-n1cnnn1)C(=O)NCCN1CCC(c2ccccc2)C1. The molecule has 40 heavy (non-hydrogen) atoms. The summed E-state index contributed by atoms with van der Waals surface area (Å²) in [5.41, 5.74) is 2.27. The van der Waals surface area contributed by atoms with Gasteiger partial charge in [-0.1, -0.05) is 62.2 Å². The second-order valence-corrected chi connectivity index (χ2v) is 10.3. The van der Waals surface area contributed by atoms with E-state index in [1.54, 1.807) is 24.3 Å². The summed E-state index contributed by atoms with van der Waals surface area (Å²) in [6.07, 6.45) is 6.46. The van der Waals surface area contributed by atoms with Crippen LogP contribution in [0.1, 0.15) is 73.7 Å². The Morgan fingerprint density at radius 1 is 1.02 bits per heavy atom. The molecule has 2 atom stereocenters. The summed E-state index contributed by atoms with van der Waals surface area (Å²) in [6.45, 7) is 5.12. The number of ketones is 1. The molecule has 4 rings (SSSR count). The highest BCUT2D eigenvalue weighted by molar-refractivity contribution is 6.00. The monoisotopic (exact) mass is 545 g/mol. The van der Waals surface area contributed by atoms with Crippen molar-refractivity contribution in [3.63, 3.8) is 0 Å². The highest BCUT2D eigenvalue weighted by Crippen LogP contribution is 2.26. The number of hydrogen-bond acceptors (Lipinski definition) is 7. The van der Waals surface area contributed by atoms with Crippen molar-refractivity contribution in [1.82, 2.24) is 35.7 Å². The Balaban J connectivity index is 1.33. The van der Waals surface area contributed by atoms with Gasteiger partial charge in [-0.05, 0) is 59.8 Å². The van der Waals surface area contributed by atoms with Crippen LogP contribution < -0.4 is 10.6 Å². The van der Waals surface area contributed by atoms with E-state index in [0.29, 0.717) is 43.0 Å². The first-order chi connectivity index (χ1) is 19.5. The zero-order valence-corrected chi connectivity index (χ0v) is 23.2. The fourth-order valence-corrected chi connectivity index (χ4v) is 5.16. The quantitative estimate of drug-likeness (QED) is 0.281. The van der Waals surface area contributed by atoms with Gasteiger partial charge < -0.3 is 15.5 Å². The number of tetrazole rings is 1. The van der Waals surface area contributed by atoms with Gasteiger partial charge in [0.15, 0.2) is 0 Å². The van der Waals surface area contributed by atoms with E-state index >= 15 is 0 Å². The summed E-state index contributed by atoms with van der Waals surface area (Å²) in [5, 5.41) is 17.2. The minimum absolute atomic E-state index is 0.198. The van der Waals surface area contributed by atoms with Gasteiger partial charge in [0.2, 0.25) is 5.91 Å². The lowest BCUT2D eigenvalue weighted by Gasteiger charge is -2.21. The third-order valence-corrected chi connectivity index (χ3v) is 7.48. The Hall–Kier alpha value is -3.92. The van der Waals surface area contributed by atoms with Gasteiger partial charge in [0.25, 0.3) is 5.91 Å². The summed E-state index contributed by atoms with van der Waals surface area (Å²) in [6, 6.07) is 16.9. The van der Waals surface area contributed by atoms with Crippen LogP contribution in [-0.2, 0) is 9.59 Å². The Morgan fingerprint density at radius 2 is 1.82 bits per heavy atom. The Labute approximate surface area is 235 Å². The van der Waals surface area contributed by atoms with Crippen LogP contribution in [0.2, 0.25) is 0 Å². The number of carbonyl (C=O) groups excluding carboxylic acids is 3. The first-order valence-electron chi connectivity index (χ1n) is 14.2. The highest BCUT2D eigenvalue weighted by atomic mass is 16.2. The molecule has 0 radical (unpaired) electrons. The first-order valence-corrected chi connectivity index (χ1v) is 14.2. The largest absolute Gasteiger partial charge is 0.353 e. The molecule has 2 amide bonds. The molecule has 0 bridgehead atoms. The van der Waals surface area contributed by atoms with Gasteiger partial charge in [0, 0.05) is 32.5 Å². The average molecular weight is 546 g/mol. The third-order valence-electron chi connectivity index (χ3n) is 7.48. The van der Waals surface area contributed by atoms with Crippen molar-refractivity contribution in [1.29, 1.82) is 0 Å². The van der Waals surface area contributed by atoms with Crippen LogP contribution in [0.4, 0.5) is 0 Å². The van der Waals surface area contributed by atoms with Gasteiger partial charge in [-0.25, -0.2) is 0 Å². The maximum absolute atomic E-state index is 13.3. The lowest BCUT2D eigenvalue weighted by Crippen LogP contribution is -2.48. The summed E-state index contributed by atoms with van der Waals surface area (Å²) in [7, 11) is 0. The average Bonchev–Trinajstić information content (AvgIpc) is 3.69. The Morgan fingerprint density at radius 3 is 2.60 bits per heavy atom. The van der Waals surface area contributed by atoms with E-state index < -0.39 is 6.04 Å². The number of hydrogen-bond donors (Lipinski definition) is 2. The summed E-state index contributed by atoms with van der Waals surface area (Å²) in [4.78, 5) is 40.6. The molecule has 1 aliphatic rings. The van der Waals surface area contributed by atoms with E-state index in [9.17, 15) is 14.4 Å². The lowest BCUT2D eigenvalue weighted by atomic mass is 9.99. The molecule has 0 aliphatic carbocycles. The van der Waals surface area contributed by atoms with Crippen molar-refractivity contribution in [2.24, 2.45) is 0 Å². The molecule has 1 saturated heterocycles. The third kappa shape index (κ3) is 8.29. The number of aromatic nitrogens is 4. The van der Waals surface area contributed by atoms with Crippen LogP contribution in [0.5, 0.6) is 0 Å². The number of benzene rings is 2. The number of para-hydroxylation sites is 1. The van der Waals surface area contributed by atoms with E-state index in [0.717, 1.165) is 45.3 Å². The predicted octanol–water partition coefficient (Wildman–Crippen LogP) is 3.30. The molecular weight excluding hydrogens is 506 g/mol. The summed E-state index contributed by atoms with van der Waals surface area (Å²) < 4.78 is 1.42. The van der Waals surface area contributed by atoms with Crippen molar-refractivity contribution in [2.75, 3.05) is 26.2 Å². The molecular formula is C30H39N7O3. The minimum atomic E-state index is -0.688. The van der Waals surface area contributed by atoms with Gasteiger partial charge in [0.1, 0.15) is 18.2 Å². The van der Waals surface area contributed by atoms with Crippen molar-refractivity contribution in [3.8, 4) is 5.69 Å². The lowest BCUT2D eigenvalue weighted by molar-refractivity contribution is -0.123. The number of amides is 2. The highest BCUT2D eigenvalue weighted by Gasteiger charge is 2.25. The number of unbranched alkanes of at least 4 members (excludes halogenated alkanes) is 2. The number of Topliss-reactive ketones (excluding diaryl/α,β-unsaturated/α-hetero) is 1. The molecule has 212 valence electrons. The van der Waals surface area contributed by atoms with Crippen LogP contribution in [0.25, 0.3) is 5.69 Å². The number of rotatable bonds is 15. The predicted molar refractivity (Wildman–Crippen MR) is 152 cm³/mol. The number of nitrogens with one attached hydrogen (secondary N) is 2. The molecule has 1 aliphatic heterocycles. The number of carbonyl (C=O) groups is 3. The molecule has 2 aromatic carbocycles. The minimum Gasteiger partial charge on any atom is -0.353 e. The standard InChI is InChI=1S/C30H39N7O3/c1-2-25(38)13-7-4-8-15-27(33-29(39)26-14-9-10-16-28(26)37-22-32-34-35-37)30(40)31-18-20-36-19-17-24(21-36)23-11-5-3-6-12-23/h3,5-6,9-12,14,16,22,24,27H,2,4,7-8,13,15,17-21H2,1H3,(H,31,40)(H,33,39)/t24?,27-/m0/s1. The Bertz CT molecular complexity index is 1230. The molecule has 2 N–H and O–H groups in total. The molecule has 1 aromatic heterocycles. The maximum atomic E-state index is 13.3. The van der Waals surface area contributed by atoms with Crippen LogP contribution in [0.3, 0.4) is 0 Å². The van der Waals surface area contributed by atoms with Crippen molar-refractivity contribution in [2.45, 2.75) is 63.8 Å². The zero-order chi connectivity index (χ0) is 28.2. The number of nitrogens with zero attached hydrogens (tertiary/aromatic N) is 5. The van der Waals surface area contributed by atoms with Crippen LogP contribution >= 0.6 is 0 Å². The van der Waals surface area contributed by atoms with E-state index in [-0.39, 0.29) is 17.6 Å². The second kappa shape index (κ2) is 15.0.